The minimum Gasteiger partial charge on any atom is -0.379 e. The van der Waals surface area contributed by atoms with Crippen LogP contribution in [0.25, 0.3) is 0 Å². The predicted molar refractivity (Wildman–Crippen MR) is 143 cm³/mol. The van der Waals surface area contributed by atoms with Crippen molar-refractivity contribution in [1.29, 1.82) is 0 Å². The Bertz CT molecular complexity index is 1100. The zero-order valence-corrected chi connectivity index (χ0v) is 23.7. The van der Waals surface area contributed by atoms with Gasteiger partial charge in [-0.15, -0.1) is 11.6 Å². The fraction of sp³-hybridized carbons (Fsp3) is 0.552. The van der Waals surface area contributed by atoms with Crippen LogP contribution in [0.15, 0.2) is 48.5 Å². The van der Waals surface area contributed by atoms with Crippen molar-refractivity contribution in [1.82, 2.24) is 10.6 Å². The molecule has 1 heterocycles. The average molecular weight is 609 g/mol. The van der Waals surface area contributed by atoms with Crippen LogP contribution in [0.2, 0.25) is 0 Å². The number of amides is 1. The second kappa shape index (κ2) is 13.8. The number of ether oxygens (including phenoxy) is 2. The molecule has 0 radical (unpaired) electrons. The molecule has 5 nitrogen and oxygen atoms in total. The molecule has 0 aliphatic carbocycles. The first-order chi connectivity index (χ1) is 19.2. The van der Waals surface area contributed by atoms with Gasteiger partial charge in [0, 0.05) is 13.2 Å². The third-order valence-electron chi connectivity index (χ3n) is 7.33. The van der Waals surface area contributed by atoms with Crippen molar-refractivity contribution < 1.29 is 40.6 Å². The van der Waals surface area contributed by atoms with Crippen LogP contribution in [0, 0.1) is 0 Å². The Morgan fingerprint density at radius 3 is 2.17 bits per heavy atom. The van der Waals surface area contributed by atoms with Gasteiger partial charge in [0.25, 0.3) is 0 Å². The minimum atomic E-state index is -4.96. The van der Waals surface area contributed by atoms with E-state index in [4.69, 9.17) is 21.1 Å². The minimum absolute atomic E-state index is 0.0496. The van der Waals surface area contributed by atoms with E-state index in [1.807, 2.05) is 37.3 Å². The normalized spacial score (nSPS) is 22.4. The molecule has 0 bridgehead atoms. The van der Waals surface area contributed by atoms with Gasteiger partial charge in [-0.1, -0.05) is 43.7 Å². The van der Waals surface area contributed by atoms with Crippen molar-refractivity contribution in [3.8, 4) is 0 Å². The molecule has 1 amide bonds. The van der Waals surface area contributed by atoms with Gasteiger partial charge in [-0.05, 0) is 55.5 Å². The number of hydrogen-bond acceptors (Lipinski definition) is 4. The fourth-order valence-corrected chi connectivity index (χ4v) is 4.93. The summed E-state index contributed by atoms with van der Waals surface area (Å²) in [5.74, 6) is -0.576. The lowest BCUT2D eigenvalue weighted by Gasteiger charge is -2.48. The lowest BCUT2D eigenvalue weighted by Crippen LogP contribution is -2.66. The SMILES string of the molecule is CCCCOC[C@@]1(NC(=O)CCl)CC[C@@](CO[C@H](C)c2cc(C(F)(F)F)cc(C(F)(F)F)c2)(c2ccccc2)NC1. The number of nitrogens with one attached hydrogen (secondary N) is 2. The van der Waals surface area contributed by atoms with Crippen LogP contribution >= 0.6 is 11.6 Å². The van der Waals surface area contributed by atoms with E-state index in [0.717, 1.165) is 18.4 Å². The molecule has 0 aromatic heterocycles. The van der Waals surface area contributed by atoms with E-state index < -0.39 is 40.7 Å². The molecule has 0 unspecified atom stereocenters. The summed E-state index contributed by atoms with van der Waals surface area (Å²) in [6.07, 6.45) is -8.30. The maximum absolute atomic E-state index is 13.4. The van der Waals surface area contributed by atoms with Crippen LogP contribution in [0.5, 0.6) is 0 Å². The Labute approximate surface area is 240 Å². The number of benzene rings is 2. The molecule has 2 aromatic rings. The molecule has 228 valence electrons. The summed E-state index contributed by atoms with van der Waals surface area (Å²) in [4.78, 5) is 12.3. The Balaban J connectivity index is 1.86. The number of halogens is 7. The highest BCUT2D eigenvalue weighted by Crippen LogP contribution is 2.39. The average Bonchev–Trinajstić information content (AvgIpc) is 2.94. The van der Waals surface area contributed by atoms with E-state index in [2.05, 4.69) is 10.6 Å². The van der Waals surface area contributed by atoms with Gasteiger partial charge in [-0.3, -0.25) is 4.79 Å². The summed E-state index contributed by atoms with van der Waals surface area (Å²) in [5.41, 5.74) is -3.78. The van der Waals surface area contributed by atoms with Gasteiger partial charge in [0.1, 0.15) is 5.88 Å². The summed E-state index contributed by atoms with van der Waals surface area (Å²) in [5, 5.41) is 6.43. The molecule has 1 fully saturated rings. The van der Waals surface area contributed by atoms with E-state index in [0.29, 0.717) is 31.6 Å². The van der Waals surface area contributed by atoms with Crippen LogP contribution in [0.4, 0.5) is 26.3 Å². The van der Waals surface area contributed by atoms with Crippen LogP contribution in [0.3, 0.4) is 0 Å². The van der Waals surface area contributed by atoms with Crippen molar-refractivity contribution in [2.45, 2.75) is 69.1 Å². The molecule has 1 aliphatic rings. The first-order valence-corrected chi connectivity index (χ1v) is 13.9. The van der Waals surface area contributed by atoms with E-state index in [1.54, 1.807) is 0 Å². The summed E-state index contributed by atoms with van der Waals surface area (Å²) in [6.45, 7) is 4.45. The number of hydrogen-bond donors (Lipinski definition) is 2. The fourth-order valence-electron chi connectivity index (χ4n) is 4.86. The van der Waals surface area contributed by atoms with Crippen molar-refractivity contribution >= 4 is 17.5 Å². The number of unbranched alkanes of at least 4 members (excludes halogenated alkanes) is 1. The predicted octanol–water partition coefficient (Wildman–Crippen LogP) is 6.99. The van der Waals surface area contributed by atoms with E-state index in [9.17, 15) is 31.1 Å². The molecule has 0 saturated carbocycles. The molecule has 2 aromatic carbocycles. The Hall–Kier alpha value is -2.34. The van der Waals surface area contributed by atoms with Gasteiger partial charge in [0.05, 0.1) is 41.5 Å². The maximum atomic E-state index is 13.4. The summed E-state index contributed by atoms with van der Waals surface area (Å²) in [6, 6.07) is 10.7. The van der Waals surface area contributed by atoms with Crippen LogP contribution in [-0.2, 0) is 32.2 Å². The Morgan fingerprint density at radius 1 is 1.02 bits per heavy atom. The molecule has 2 N–H and O–H groups in total. The quantitative estimate of drug-likeness (QED) is 0.155. The van der Waals surface area contributed by atoms with Gasteiger partial charge in [-0.25, -0.2) is 0 Å². The van der Waals surface area contributed by atoms with Crippen LogP contribution < -0.4 is 10.6 Å². The molecule has 1 aliphatic heterocycles. The van der Waals surface area contributed by atoms with E-state index in [1.165, 1.54) is 6.92 Å². The molecular weight excluding hydrogens is 574 g/mol. The summed E-state index contributed by atoms with van der Waals surface area (Å²) < 4.78 is 92.3. The topological polar surface area (TPSA) is 59.6 Å². The van der Waals surface area contributed by atoms with Crippen molar-refractivity contribution in [2.24, 2.45) is 0 Å². The van der Waals surface area contributed by atoms with Gasteiger partial charge in [0.2, 0.25) is 5.91 Å². The largest absolute Gasteiger partial charge is 0.416 e. The highest BCUT2D eigenvalue weighted by atomic mass is 35.5. The number of carbonyl (C=O) groups is 1. The van der Waals surface area contributed by atoms with Crippen molar-refractivity contribution in [3.05, 3.63) is 70.8 Å². The first kappa shape index (κ1) is 33.2. The second-order valence-corrected chi connectivity index (χ2v) is 10.7. The zero-order valence-electron chi connectivity index (χ0n) is 22.9. The monoisotopic (exact) mass is 608 g/mol. The molecule has 41 heavy (non-hydrogen) atoms. The van der Waals surface area contributed by atoms with E-state index >= 15 is 0 Å². The van der Waals surface area contributed by atoms with Gasteiger partial charge in [-0.2, -0.15) is 26.3 Å². The molecule has 3 rings (SSSR count). The number of rotatable bonds is 12. The van der Waals surface area contributed by atoms with Crippen molar-refractivity contribution in [3.63, 3.8) is 0 Å². The van der Waals surface area contributed by atoms with Gasteiger partial charge in [0.15, 0.2) is 0 Å². The maximum Gasteiger partial charge on any atom is 0.416 e. The Kier molecular flexibility index (Phi) is 11.1. The lowest BCUT2D eigenvalue weighted by atomic mass is 9.76. The van der Waals surface area contributed by atoms with Gasteiger partial charge < -0.3 is 20.1 Å². The third-order valence-corrected chi connectivity index (χ3v) is 7.57. The molecule has 0 spiro atoms. The smallest absolute Gasteiger partial charge is 0.379 e. The molecule has 1 saturated heterocycles. The molecule has 3 atom stereocenters. The first-order valence-electron chi connectivity index (χ1n) is 13.4. The summed E-state index contributed by atoms with van der Waals surface area (Å²) in [7, 11) is 0. The summed E-state index contributed by atoms with van der Waals surface area (Å²) >= 11 is 5.76. The lowest BCUT2D eigenvalue weighted by molar-refractivity contribution is -0.143. The van der Waals surface area contributed by atoms with Crippen LogP contribution in [-0.4, -0.2) is 43.7 Å². The number of carbonyl (C=O) groups excluding carboxylic acids is 1. The highest BCUT2D eigenvalue weighted by Gasteiger charge is 2.45. The number of alkyl halides is 7. The van der Waals surface area contributed by atoms with Crippen molar-refractivity contribution in [2.75, 3.05) is 32.2 Å². The number of piperidine rings is 1. The standard InChI is InChI=1S/C29H35ClF6N2O3/c1-3-4-12-40-18-26(38-25(39)16-30)10-11-27(37-17-26,22-8-6-5-7-9-22)19-41-20(2)21-13-23(28(31,32)33)15-24(14-21)29(34,35)36/h5-9,13-15,20,37H,3-4,10-12,16-19H2,1-2H3,(H,38,39)/t20-,26-,27-/m1/s1. The highest BCUT2D eigenvalue weighted by molar-refractivity contribution is 6.27. The second-order valence-electron chi connectivity index (χ2n) is 10.5. The third kappa shape index (κ3) is 8.83. The van der Waals surface area contributed by atoms with Crippen LogP contribution in [0.1, 0.15) is 67.9 Å². The van der Waals surface area contributed by atoms with E-state index in [-0.39, 0.29) is 43.2 Å². The molecular formula is C29H35ClF6N2O3. The Morgan fingerprint density at radius 2 is 1.66 bits per heavy atom. The molecule has 12 heteroatoms. The zero-order chi connectivity index (χ0) is 30.3. The van der Waals surface area contributed by atoms with Gasteiger partial charge >= 0.3 is 12.4 Å².